The highest BCUT2D eigenvalue weighted by molar-refractivity contribution is 6.31. The molecule has 0 bridgehead atoms. The van der Waals surface area contributed by atoms with Crippen LogP contribution in [0.3, 0.4) is 0 Å². The van der Waals surface area contributed by atoms with E-state index < -0.39 is 6.09 Å². The Morgan fingerprint density at radius 3 is 2.68 bits per heavy atom. The summed E-state index contributed by atoms with van der Waals surface area (Å²) in [6, 6.07) is 12.5. The van der Waals surface area contributed by atoms with Gasteiger partial charge in [0.05, 0.1) is 13.2 Å². The van der Waals surface area contributed by atoms with Gasteiger partial charge in [-0.3, -0.25) is 5.32 Å². The molecule has 0 saturated carbocycles. The number of anilines is 1. The average molecular weight is 362 g/mol. The lowest BCUT2D eigenvalue weighted by Gasteiger charge is -2.23. The lowest BCUT2D eigenvalue weighted by Crippen LogP contribution is -2.26. The zero-order valence-corrected chi connectivity index (χ0v) is 14.7. The molecule has 0 spiro atoms. The van der Waals surface area contributed by atoms with Crippen molar-refractivity contribution in [3.63, 3.8) is 0 Å². The maximum atomic E-state index is 12.1. The van der Waals surface area contributed by atoms with Gasteiger partial charge in [-0.1, -0.05) is 29.8 Å². The van der Waals surface area contributed by atoms with Gasteiger partial charge >= 0.3 is 6.09 Å². The standard InChI is InChI=1S/C19H20ClNO4/c1-13-15(7-14-10-23-12-24-11-14)8-16(9-18(13)20)21-19(22)25-17-5-3-2-4-6-17/h2-6,8-9,14H,7,10-12H2,1H3,(H,21,22). The fraction of sp³-hybridized carbons (Fsp3) is 0.316. The molecule has 132 valence electrons. The number of nitrogens with one attached hydrogen (secondary N) is 1. The summed E-state index contributed by atoms with van der Waals surface area (Å²) in [6.07, 6.45) is 0.218. The summed E-state index contributed by atoms with van der Waals surface area (Å²) in [7, 11) is 0. The van der Waals surface area contributed by atoms with Gasteiger partial charge < -0.3 is 14.2 Å². The smallest absolute Gasteiger partial charge is 0.410 e. The number of carbonyl (C=O) groups excluding carboxylic acids is 1. The molecule has 1 saturated heterocycles. The van der Waals surface area contributed by atoms with E-state index >= 15 is 0 Å². The van der Waals surface area contributed by atoms with Gasteiger partial charge in [0.25, 0.3) is 0 Å². The van der Waals surface area contributed by atoms with Crippen LogP contribution in [0, 0.1) is 12.8 Å². The molecule has 1 amide bonds. The lowest BCUT2D eigenvalue weighted by atomic mass is 9.96. The van der Waals surface area contributed by atoms with Gasteiger partial charge in [-0.15, -0.1) is 0 Å². The van der Waals surface area contributed by atoms with Crippen molar-refractivity contribution in [2.45, 2.75) is 13.3 Å². The number of amides is 1. The normalized spacial score (nSPS) is 15.0. The number of halogens is 1. The molecule has 6 heteroatoms. The van der Waals surface area contributed by atoms with Crippen LogP contribution in [0.5, 0.6) is 5.75 Å². The van der Waals surface area contributed by atoms with Gasteiger partial charge in [-0.25, -0.2) is 4.79 Å². The van der Waals surface area contributed by atoms with Crippen molar-refractivity contribution in [1.29, 1.82) is 0 Å². The summed E-state index contributed by atoms with van der Waals surface area (Å²) < 4.78 is 15.9. The molecule has 0 atom stereocenters. The SMILES string of the molecule is Cc1c(Cl)cc(NC(=O)Oc2ccccc2)cc1CC1COCOC1. The Balaban J connectivity index is 1.69. The number of benzene rings is 2. The Morgan fingerprint density at radius 2 is 1.96 bits per heavy atom. The van der Waals surface area contributed by atoms with E-state index in [1.54, 1.807) is 30.3 Å². The predicted molar refractivity (Wildman–Crippen MR) is 96.2 cm³/mol. The minimum Gasteiger partial charge on any atom is -0.410 e. The van der Waals surface area contributed by atoms with E-state index in [9.17, 15) is 4.79 Å². The zero-order valence-electron chi connectivity index (χ0n) is 14.0. The van der Waals surface area contributed by atoms with E-state index in [0.29, 0.717) is 36.5 Å². The molecule has 0 aromatic heterocycles. The van der Waals surface area contributed by atoms with Gasteiger partial charge in [0.2, 0.25) is 0 Å². The summed E-state index contributed by atoms with van der Waals surface area (Å²) in [6.45, 7) is 3.63. The molecule has 1 fully saturated rings. The third-order valence-electron chi connectivity index (χ3n) is 4.03. The fourth-order valence-corrected chi connectivity index (χ4v) is 2.96. The highest BCUT2D eigenvalue weighted by Gasteiger charge is 2.18. The first-order valence-corrected chi connectivity index (χ1v) is 8.48. The van der Waals surface area contributed by atoms with Crippen LogP contribution in [0.25, 0.3) is 0 Å². The molecule has 0 aliphatic carbocycles. The van der Waals surface area contributed by atoms with Gasteiger partial charge in [0.15, 0.2) is 0 Å². The number of para-hydroxylation sites is 1. The van der Waals surface area contributed by atoms with Crippen molar-refractivity contribution in [3.8, 4) is 5.75 Å². The fourth-order valence-electron chi connectivity index (χ4n) is 2.72. The largest absolute Gasteiger partial charge is 0.417 e. The first-order chi connectivity index (χ1) is 12.1. The molecule has 5 nitrogen and oxygen atoms in total. The van der Waals surface area contributed by atoms with Gasteiger partial charge in [0.1, 0.15) is 12.5 Å². The molecule has 1 heterocycles. The number of hydrogen-bond donors (Lipinski definition) is 1. The van der Waals surface area contributed by atoms with E-state index in [2.05, 4.69) is 5.32 Å². The van der Waals surface area contributed by atoms with Crippen molar-refractivity contribution < 1.29 is 19.0 Å². The van der Waals surface area contributed by atoms with Crippen molar-refractivity contribution in [1.82, 2.24) is 0 Å². The summed E-state index contributed by atoms with van der Waals surface area (Å²) >= 11 is 6.33. The molecular formula is C19H20ClNO4. The first kappa shape index (κ1) is 17.7. The maximum absolute atomic E-state index is 12.1. The Bertz CT molecular complexity index is 730. The molecule has 3 rings (SSSR count). The van der Waals surface area contributed by atoms with Crippen LogP contribution >= 0.6 is 11.6 Å². The third-order valence-corrected chi connectivity index (χ3v) is 4.43. The van der Waals surface area contributed by atoms with Crippen LogP contribution in [-0.4, -0.2) is 26.1 Å². The minimum atomic E-state index is -0.554. The van der Waals surface area contributed by atoms with Crippen molar-refractivity contribution in [2.24, 2.45) is 5.92 Å². The number of hydrogen-bond acceptors (Lipinski definition) is 4. The molecule has 0 unspecified atom stereocenters. The van der Waals surface area contributed by atoms with Crippen LogP contribution in [-0.2, 0) is 15.9 Å². The van der Waals surface area contributed by atoms with Crippen LogP contribution in [0.15, 0.2) is 42.5 Å². The number of ether oxygens (including phenoxy) is 3. The zero-order chi connectivity index (χ0) is 17.6. The molecule has 25 heavy (non-hydrogen) atoms. The Labute approximate surface area is 151 Å². The Kier molecular flexibility index (Phi) is 5.91. The topological polar surface area (TPSA) is 56.8 Å². The van der Waals surface area contributed by atoms with E-state index in [4.69, 9.17) is 25.8 Å². The first-order valence-electron chi connectivity index (χ1n) is 8.10. The van der Waals surface area contributed by atoms with Crippen LogP contribution in [0.1, 0.15) is 11.1 Å². The monoisotopic (exact) mass is 361 g/mol. The maximum Gasteiger partial charge on any atom is 0.417 e. The molecule has 2 aromatic carbocycles. The summed E-state index contributed by atoms with van der Waals surface area (Å²) in [5.41, 5.74) is 2.65. The van der Waals surface area contributed by atoms with Gasteiger partial charge in [0, 0.05) is 16.6 Å². The molecule has 0 radical (unpaired) electrons. The van der Waals surface area contributed by atoms with Crippen molar-refractivity contribution >= 4 is 23.4 Å². The second kappa shape index (κ2) is 8.34. The molecular weight excluding hydrogens is 342 g/mol. The second-order valence-corrected chi connectivity index (χ2v) is 6.41. The quantitative estimate of drug-likeness (QED) is 0.875. The van der Waals surface area contributed by atoms with Crippen LogP contribution < -0.4 is 10.1 Å². The summed E-state index contributed by atoms with van der Waals surface area (Å²) in [4.78, 5) is 12.1. The summed E-state index contributed by atoms with van der Waals surface area (Å²) in [5.74, 6) is 0.755. The number of carbonyl (C=O) groups is 1. The molecule has 1 aliphatic rings. The highest BCUT2D eigenvalue weighted by atomic mass is 35.5. The van der Waals surface area contributed by atoms with Crippen LogP contribution in [0.2, 0.25) is 5.02 Å². The van der Waals surface area contributed by atoms with E-state index in [1.807, 2.05) is 19.1 Å². The minimum absolute atomic E-state index is 0.273. The van der Waals surface area contributed by atoms with Gasteiger partial charge in [-0.05, 0) is 48.7 Å². The van der Waals surface area contributed by atoms with Crippen molar-refractivity contribution in [3.05, 3.63) is 58.6 Å². The van der Waals surface area contributed by atoms with Crippen LogP contribution in [0.4, 0.5) is 10.5 Å². The molecule has 1 N–H and O–H groups in total. The highest BCUT2D eigenvalue weighted by Crippen LogP contribution is 2.27. The van der Waals surface area contributed by atoms with E-state index in [-0.39, 0.29) is 5.92 Å². The predicted octanol–water partition coefficient (Wildman–Crippen LogP) is 4.42. The summed E-state index contributed by atoms with van der Waals surface area (Å²) in [5, 5.41) is 3.33. The van der Waals surface area contributed by atoms with E-state index in [1.165, 1.54) is 0 Å². The molecule has 1 aliphatic heterocycles. The van der Waals surface area contributed by atoms with Gasteiger partial charge in [-0.2, -0.15) is 0 Å². The third kappa shape index (κ3) is 4.95. The molecule has 2 aromatic rings. The Hall–Kier alpha value is -2.08. The second-order valence-electron chi connectivity index (χ2n) is 6.00. The lowest BCUT2D eigenvalue weighted by molar-refractivity contribution is -0.125. The van der Waals surface area contributed by atoms with Crippen molar-refractivity contribution in [2.75, 3.05) is 25.3 Å². The Morgan fingerprint density at radius 1 is 1.24 bits per heavy atom. The average Bonchev–Trinajstić information content (AvgIpc) is 2.61. The number of rotatable bonds is 4. The van der Waals surface area contributed by atoms with E-state index in [0.717, 1.165) is 17.5 Å².